The smallest absolute Gasteiger partial charge is 0.355 e. The Bertz CT molecular complexity index is 1270. The molecule has 0 saturated heterocycles. The van der Waals surface area contributed by atoms with E-state index in [4.69, 9.17) is 4.74 Å². The van der Waals surface area contributed by atoms with E-state index in [1.165, 1.54) is 12.0 Å². The SMILES string of the molecule is C=C1CC[C@@]2(C=C(N(C)[C@@H](Cc3ccc(O)cc3)[C@H](O)CC/C=C/[C@H](C)C[C@H](C)CC)C(=O)O2)C[C@@H]1[C@@H](C)C(=O)CCC=C(C)C. The number of aliphatic hydroxyl groups is 1. The van der Waals surface area contributed by atoms with E-state index < -0.39 is 17.7 Å². The molecule has 0 unspecified atom stereocenters. The second-order valence-corrected chi connectivity index (χ2v) is 14.4. The van der Waals surface area contributed by atoms with E-state index in [9.17, 15) is 19.8 Å². The molecule has 1 aliphatic heterocycles. The van der Waals surface area contributed by atoms with Gasteiger partial charge in [-0.2, -0.15) is 0 Å². The Morgan fingerprint density at radius 3 is 2.52 bits per heavy atom. The number of aliphatic hydroxyl groups excluding tert-OH is 1. The first kappa shape index (κ1) is 37.3. The van der Waals surface area contributed by atoms with Gasteiger partial charge in [0.05, 0.1) is 12.1 Å². The lowest BCUT2D eigenvalue weighted by Crippen LogP contribution is -2.43. The van der Waals surface area contributed by atoms with Crippen molar-refractivity contribution in [1.29, 1.82) is 0 Å². The Morgan fingerprint density at radius 1 is 1.17 bits per heavy atom. The maximum atomic E-state index is 13.5. The van der Waals surface area contributed by atoms with Gasteiger partial charge in [0.2, 0.25) is 0 Å². The first-order valence-corrected chi connectivity index (χ1v) is 17.4. The highest BCUT2D eigenvalue weighted by Gasteiger charge is 2.48. The number of rotatable bonds is 17. The van der Waals surface area contributed by atoms with E-state index in [-0.39, 0.29) is 29.4 Å². The number of allylic oxidation sites excluding steroid dienone is 5. The number of hydrogen-bond acceptors (Lipinski definition) is 6. The quantitative estimate of drug-likeness (QED) is 0.132. The summed E-state index contributed by atoms with van der Waals surface area (Å²) >= 11 is 0. The van der Waals surface area contributed by atoms with Crippen LogP contribution in [0.1, 0.15) is 105 Å². The fourth-order valence-corrected chi connectivity index (χ4v) is 6.96. The van der Waals surface area contributed by atoms with E-state index in [1.807, 2.05) is 50.9 Å². The maximum Gasteiger partial charge on any atom is 0.355 e. The van der Waals surface area contributed by atoms with Crippen LogP contribution in [0.5, 0.6) is 5.75 Å². The van der Waals surface area contributed by atoms with Crippen LogP contribution in [-0.4, -0.2) is 51.7 Å². The molecule has 6 nitrogen and oxygen atoms in total. The summed E-state index contributed by atoms with van der Waals surface area (Å²) in [7, 11) is 1.86. The lowest BCUT2D eigenvalue weighted by atomic mass is 9.69. The number of benzene rings is 1. The van der Waals surface area contributed by atoms with Gasteiger partial charge in [0.15, 0.2) is 0 Å². The average Bonchev–Trinajstić information content (AvgIpc) is 3.34. The molecule has 0 radical (unpaired) electrons. The number of Topliss-reactive ketones (excluding diaryl/α,β-unsaturated/α-hetero) is 1. The predicted molar refractivity (Wildman–Crippen MR) is 187 cm³/mol. The van der Waals surface area contributed by atoms with Crippen LogP contribution in [0.3, 0.4) is 0 Å². The van der Waals surface area contributed by atoms with Gasteiger partial charge in [-0.05, 0) is 107 Å². The van der Waals surface area contributed by atoms with Crippen molar-refractivity contribution in [3.63, 3.8) is 0 Å². The summed E-state index contributed by atoms with van der Waals surface area (Å²) in [6, 6.07) is 6.63. The summed E-state index contributed by atoms with van der Waals surface area (Å²) < 4.78 is 6.15. The van der Waals surface area contributed by atoms with Crippen molar-refractivity contribution in [3.05, 3.63) is 77.6 Å². The van der Waals surface area contributed by atoms with Gasteiger partial charge in [-0.15, -0.1) is 0 Å². The van der Waals surface area contributed by atoms with E-state index >= 15 is 0 Å². The predicted octanol–water partition coefficient (Wildman–Crippen LogP) is 8.49. The van der Waals surface area contributed by atoms with Crippen LogP contribution in [0.25, 0.3) is 0 Å². The lowest BCUT2D eigenvalue weighted by Gasteiger charge is -2.39. The summed E-state index contributed by atoms with van der Waals surface area (Å²) in [5.74, 6) is 0.925. The standard InChI is InChI=1S/C40H59NO5/c1-9-28(4)23-29(5)14-10-11-15-38(44)35(24-32-17-19-33(42)20-18-32)41(8)36-26-40(46-39(36)45)22-21-30(6)34(25-40)31(7)37(43)16-12-13-27(2)3/h10,13-14,17-20,26,28-29,31,34-35,38,42,44H,6,9,11-12,15-16,21-25H2,1-5,7-8H3/b14-10+/t28-,29+,31-,34+,35+,38-,40+/m1/s1. The molecule has 6 heteroatoms. The number of esters is 1. The minimum Gasteiger partial charge on any atom is -0.508 e. The number of carbonyl (C=O) groups excluding carboxylic acids is 2. The first-order valence-electron chi connectivity index (χ1n) is 17.4. The normalized spacial score (nSPS) is 23.0. The third kappa shape index (κ3) is 10.4. The number of phenolic OH excluding ortho intramolecular Hbond substituents is 1. The fourth-order valence-electron chi connectivity index (χ4n) is 6.96. The Balaban J connectivity index is 1.78. The molecule has 1 saturated carbocycles. The third-order valence-electron chi connectivity index (χ3n) is 10.2. The largest absolute Gasteiger partial charge is 0.508 e. The monoisotopic (exact) mass is 633 g/mol. The Hall–Kier alpha value is -3.12. The molecule has 0 aromatic heterocycles. The third-order valence-corrected chi connectivity index (χ3v) is 10.2. The van der Waals surface area contributed by atoms with Gasteiger partial charge >= 0.3 is 5.97 Å². The van der Waals surface area contributed by atoms with Crippen molar-refractivity contribution in [3.8, 4) is 5.75 Å². The molecule has 1 spiro atoms. The Kier molecular flexibility index (Phi) is 13.9. The molecule has 1 aliphatic carbocycles. The molecule has 1 heterocycles. The van der Waals surface area contributed by atoms with Gasteiger partial charge in [0.25, 0.3) is 0 Å². The van der Waals surface area contributed by atoms with Gasteiger partial charge in [-0.3, -0.25) is 4.79 Å². The summed E-state index contributed by atoms with van der Waals surface area (Å²) in [5, 5.41) is 21.4. The van der Waals surface area contributed by atoms with Crippen LogP contribution in [0.2, 0.25) is 0 Å². The second-order valence-electron chi connectivity index (χ2n) is 14.4. The topological polar surface area (TPSA) is 87.1 Å². The minimum absolute atomic E-state index is 0.0606. The molecular weight excluding hydrogens is 574 g/mol. The number of ketones is 1. The molecule has 2 N–H and O–H groups in total. The molecule has 0 amide bonds. The fraction of sp³-hybridized carbons (Fsp3) is 0.600. The number of phenols is 1. The minimum atomic E-state index is -0.788. The van der Waals surface area contributed by atoms with Gasteiger partial charge in [-0.25, -0.2) is 4.79 Å². The van der Waals surface area contributed by atoms with Gasteiger partial charge in [0, 0.05) is 19.4 Å². The zero-order valence-corrected chi connectivity index (χ0v) is 29.4. The van der Waals surface area contributed by atoms with Crippen molar-refractivity contribution < 1.29 is 24.5 Å². The van der Waals surface area contributed by atoms with Crippen LogP contribution in [0.4, 0.5) is 0 Å². The Morgan fingerprint density at radius 2 is 1.87 bits per heavy atom. The van der Waals surface area contributed by atoms with E-state index in [1.54, 1.807) is 12.1 Å². The molecule has 1 fully saturated rings. The highest BCUT2D eigenvalue weighted by molar-refractivity contribution is 5.91. The van der Waals surface area contributed by atoms with Crippen molar-refractivity contribution in [2.75, 3.05) is 7.05 Å². The molecule has 254 valence electrons. The van der Waals surface area contributed by atoms with Crippen molar-refractivity contribution >= 4 is 11.8 Å². The first-order chi connectivity index (χ1) is 21.7. The maximum absolute atomic E-state index is 13.5. The molecule has 2 aliphatic rings. The van der Waals surface area contributed by atoms with Crippen LogP contribution < -0.4 is 0 Å². The van der Waals surface area contributed by atoms with Gasteiger partial charge in [-0.1, -0.05) is 82.2 Å². The molecular formula is C40H59NO5. The second kappa shape index (κ2) is 17.2. The summed E-state index contributed by atoms with van der Waals surface area (Å²) in [6.07, 6.45) is 15.0. The number of ether oxygens (including phenoxy) is 1. The zero-order valence-electron chi connectivity index (χ0n) is 29.4. The van der Waals surface area contributed by atoms with E-state index in [2.05, 4.69) is 45.6 Å². The number of aromatic hydroxyl groups is 1. The van der Waals surface area contributed by atoms with Crippen LogP contribution >= 0.6 is 0 Å². The molecule has 3 rings (SSSR count). The molecule has 7 atom stereocenters. The summed E-state index contributed by atoms with van der Waals surface area (Å²) in [5.41, 5.74) is 2.88. The molecule has 1 aromatic carbocycles. The molecule has 46 heavy (non-hydrogen) atoms. The van der Waals surface area contributed by atoms with Gasteiger partial charge < -0.3 is 19.8 Å². The molecule has 0 bridgehead atoms. The number of likely N-dealkylation sites (N-methyl/N-ethyl adjacent to an activating group) is 1. The van der Waals surface area contributed by atoms with Crippen LogP contribution in [-0.2, 0) is 20.7 Å². The number of carbonyl (C=O) groups is 2. The average molecular weight is 634 g/mol. The van der Waals surface area contributed by atoms with Crippen molar-refractivity contribution in [1.82, 2.24) is 4.90 Å². The van der Waals surface area contributed by atoms with Gasteiger partial charge in [0.1, 0.15) is 22.8 Å². The summed E-state index contributed by atoms with van der Waals surface area (Å²) in [4.78, 5) is 28.5. The zero-order chi connectivity index (χ0) is 34.0. The lowest BCUT2D eigenvalue weighted by molar-refractivity contribution is -0.151. The molecule has 1 aromatic rings. The highest BCUT2D eigenvalue weighted by atomic mass is 16.6. The Labute approximate surface area is 278 Å². The van der Waals surface area contributed by atoms with Crippen molar-refractivity contribution in [2.24, 2.45) is 23.7 Å². The summed E-state index contributed by atoms with van der Waals surface area (Å²) in [6.45, 7) is 17.1. The van der Waals surface area contributed by atoms with Crippen molar-refractivity contribution in [2.45, 2.75) is 123 Å². The van der Waals surface area contributed by atoms with Crippen LogP contribution in [0, 0.1) is 23.7 Å². The van der Waals surface area contributed by atoms with Crippen LogP contribution in [0.15, 0.2) is 72.0 Å². The van der Waals surface area contributed by atoms with E-state index in [0.717, 1.165) is 30.4 Å². The highest BCUT2D eigenvalue weighted by Crippen LogP contribution is 2.46. The van der Waals surface area contributed by atoms with E-state index in [0.29, 0.717) is 56.1 Å². The number of hydrogen-bond donors (Lipinski definition) is 2. The number of nitrogens with zero attached hydrogens (tertiary/aromatic N) is 1.